The summed E-state index contributed by atoms with van der Waals surface area (Å²) in [6.45, 7) is 4.10. The Morgan fingerprint density at radius 2 is 1.79 bits per heavy atom. The topological polar surface area (TPSA) is 70.7 Å². The first-order valence-corrected chi connectivity index (χ1v) is 9.76. The lowest BCUT2D eigenvalue weighted by Gasteiger charge is -2.20. The second-order valence-corrected chi connectivity index (χ2v) is 6.78. The molecule has 2 amide bonds. The second kappa shape index (κ2) is 10.5. The van der Waals surface area contributed by atoms with E-state index in [4.69, 9.17) is 4.74 Å². The summed E-state index contributed by atoms with van der Waals surface area (Å²) < 4.78 is 5.53. The van der Waals surface area contributed by atoms with Crippen molar-refractivity contribution in [1.29, 1.82) is 0 Å². The largest absolute Gasteiger partial charge is 0.493 e. The first-order valence-electron chi connectivity index (χ1n) is 9.76. The molecule has 1 aliphatic heterocycles. The van der Waals surface area contributed by atoms with Gasteiger partial charge in [-0.3, -0.25) is 9.59 Å². The van der Waals surface area contributed by atoms with Gasteiger partial charge in [-0.25, -0.2) is 0 Å². The van der Waals surface area contributed by atoms with Gasteiger partial charge in [-0.05, 0) is 42.8 Å². The summed E-state index contributed by atoms with van der Waals surface area (Å²) in [7, 11) is 0. The molecule has 0 saturated carbocycles. The van der Waals surface area contributed by atoms with Crippen molar-refractivity contribution >= 4 is 11.8 Å². The minimum Gasteiger partial charge on any atom is -0.493 e. The molecular weight excluding hydrogens is 354 g/mol. The molecule has 0 atom stereocenters. The van der Waals surface area contributed by atoms with E-state index in [0.717, 1.165) is 43.9 Å². The minimum atomic E-state index is -0.0619. The van der Waals surface area contributed by atoms with Crippen molar-refractivity contribution in [2.24, 2.45) is 0 Å². The van der Waals surface area contributed by atoms with E-state index in [1.54, 1.807) is 0 Å². The van der Waals surface area contributed by atoms with E-state index in [-0.39, 0.29) is 11.8 Å². The van der Waals surface area contributed by atoms with Gasteiger partial charge in [0.1, 0.15) is 5.75 Å². The zero-order chi connectivity index (χ0) is 19.6. The van der Waals surface area contributed by atoms with Gasteiger partial charge in [-0.2, -0.15) is 0 Å². The summed E-state index contributed by atoms with van der Waals surface area (Å²) in [5, 5.41) is 6.18. The average molecular weight is 381 g/mol. The molecule has 1 saturated heterocycles. The van der Waals surface area contributed by atoms with Crippen LogP contribution in [0.25, 0.3) is 0 Å². The van der Waals surface area contributed by atoms with E-state index in [1.165, 1.54) is 0 Å². The molecule has 0 unspecified atom stereocenters. The van der Waals surface area contributed by atoms with Gasteiger partial charge < -0.3 is 20.3 Å². The van der Waals surface area contributed by atoms with Crippen LogP contribution in [0.15, 0.2) is 54.6 Å². The Morgan fingerprint density at radius 3 is 2.57 bits per heavy atom. The fourth-order valence-electron chi connectivity index (χ4n) is 3.06. The molecule has 6 nitrogen and oxygen atoms in total. The third-order valence-corrected chi connectivity index (χ3v) is 4.66. The van der Waals surface area contributed by atoms with E-state index in [1.807, 2.05) is 59.5 Å². The summed E-state index contributed by atoms with van der Waals surface area (Å²) in [6.07, 6.45) is 1.28. The van der Waals surface area contributed by atoms with E-state index in [0.29, 0.717) is 25.1 Å². The number of carbonyl (C=O) groups is 2. The molecule has 1 heterocycles. The molecular formula is C22H27N3O3. The van der Waals surface area contributed by atoms with Crippen molar-refractivity contribution in [3.05, 3.63) is 65.7 Å². The minimum absolute atomic E-state index is 0.0619. The number of hydrogen-bond acceptors (Lipinski definition) is 4. The summed E-state index contributed by atoms with van der Waals surface area (Å²) in [4.78, 5) is 26.4. The van der Waals surface area contributed by atoms with Crippen LogP contribution >= 0.6 is 0 Å². The van der Waals surface area contributed by atoms with Crippen molar-refractivity contribution in [2.45, 2.75) is 19.4 Å². The van der Waals surface area contributed by atoms with E-state index in [2.05, 4.69) is 10.6 Å². The predicted octanol–water partition coefficient (Wildman–Crippen LogP) is 2.21. The molecule has 1 aliphatic rings. The normalized spacial score (nSPS) is 14.2. The molecule has 28 heavy (non-hydrogen) atoms. The van der Waals surface area contributed by atoms with Crippen LogP contribution in [0.1, 0.15) is 28.8 Å². The fraction of sp³-hybridized carbons (Fsp3) is 0.364. The molecule has 0 aliphatic carbocycles. The molecule has 148 valence electrons. The van der Waals surface area contributed by atoms with Crippen LogP contribution in [0.2, 0.25) is 0 Å². The Morgan fingerprint density at radius 1 is 1.00 bits per heavy atom. The Bertz CT molecular complexity index is 754. The SMILES string of the molecule is O=C(CCOc1ccccc1)NCc1ccc(C(=O)N2CCCNCC2)cc1. The van der Waals surface area contributed by atoms with Crippen LogP contribution < -0.4 is 15.4 Å². The number of para-hydroxylation sites is 1. The zero-order valence-corrected chi connectivity index (χ0v) is 16.0. The quantitative estimate of drug-likeness (QED) is 0.771. The third-order valence-electron chi connectivity index (χ3n) is 4.66. The van der Waals surface area contributed by atoms with Crippen LogP contribution in [0.5, 0.6) is 5.75 Å². The Labute approximate surface area is 165 Å². The van der Waals surface area contributed by atoms with Crippen molar-refractivity contribution < 1.29 is 14.3 Å². The van der Waals surface area contributed by atoms with Crippen LogP contribution in [0.4, 0.5) is 0 Å². The summed E-state index contributed by atoms with van der Waals surface area (Å²) >= 11 is 0. The summed E-state index contributed by atoms with van der Waals surface area (Å²) in [5.41, 5.74) is 1.65. The van der Waals surface area contributed by atoms with Crippen molar-refractivity contribution in [3.8, 4) is 5.75 Å². The number of nitrogens with one attached hydrogen (secondary N) is 2. The smallest absolute Gasteiger partial charge is 0.253 e. The third kappa shape index (κ3) is 6.09. The average Bonchev–Trinajstić information content (AvgIpc) is 3.02. The number of rotatable bonds is 7. The molecule has 2 aromatic carbocycles. The fourth-order valence-corrected chi connectivity index (χ4v) is 3.06. The molecule has 1 fully saturated rings. The van der Waals surface area contributed by atoms with Gasteiger partial charge in [0.05, 0.1) is 13.0 Å². The summed E-state index contributed by atoms with van der Waals surface area (Å²) in [6, 6.07) is 16.9. The Hall–Kier alpha value is -2.86. The number of nitrogens with zero attached hydrogens (tertiary/aromatic N) is 1. The maximum atomic E-state index is 12.6. The van der Waals surface area contributed by atoms with Crippen LogP contribution in [-0.2, 0) is 11.3 Å². The molecule has 0 aromatic heterocycles. The number of benzene rings is 2. The number of carbonyl (C=O) groups excluding carboxylic acids is 2. The van der Waals surface area contributed by atoms with Gasteiger partial charge in [0.25, 0.3) is 5.91 Å². The number of amides is 2. The van der Waals surface area contributed by atoms with Crippen molar-refractivity contribution in [1.82, 2.24) is 15.5 Å². The molecule has 6 heteroatoms. The van der Waals surface area contributed by atoms with Gasteiger partial charge in [-0.1, -0.05) is 30.3 Å². The Balaban J connectivity index is 1.41. The predicted molar refractivity (Wildman–Crippen MR) is 108 cm³/mol. The number of hydrogen-bond donors (Lipinski definition) is 2. The van der Waals surface area contributed by atoms with E-state index >= 15 is 0 Å². The first-order chi connectivity index (χ1) is 13.7. The van der Waals surface area contributed by atoms with Crippen LogP contribution in [0, 0.1) is 0 Å². The lowest BCUT2D eigenvalue weighted by molar-refractivity contribution is -0.121. The lowest BCUT2D eigenvalue weighted by Crippen LogP contribution is -2.34. The zero-order valence-electron chi connectivity index (χ0n) is 16.0. The second-order valence-electron chi connectivity index (χ2n) is 6.78. The lowest BCUT2D eigenvalue weighted by atomic mass is 10.1. The number of ether oxygens (including phenoxy) is 1. The highest BCUT2D eigenvalue weighted by Crippen LogP contribution is 2.10. The monoisotopic (exact) mass is 381 g/mol. The molecule has 2 aromatic rings. The van der Waals surface area contributed by atoms with Crippen LogP contribution in [0.3, 0.4) is 0 Å². The molecule has 2 N–H and O–H groups in total. The van der Waals surface area contributed by atoms with E-state index < -0.39 is 0 Å². The van der Waals surface area contributed by atoms with Gasteiger partial charge in [-0.15, -0.1) is 0 Å². The molecule has 0 radical (unpaired) electrons. The molecule has 0 bridgehead atoms. The van der Waals surface area contributed by atoms with Gasteiger partial charge >= 0.3 is 0 Å². The van der Waals surface area contributed by atoms with Crippen molar-refractivity contribution in [3.63, 3.8) is 0 Å². The maximum Gasteiger partial charge on any atom is 0.253 e. The van der Waals surface area contributed by atoms with Gasteiger partial charge in [0.15, 0.2) is 0 Å². The highest BCUT2D eigenvalue weighted by molar-refractivity contribution is 5.94. The standard InChI is InChI=1S/C22H27N3O3/c26-21(11-16-28-20-5-2-1-3-6-20)24-17-18-7-9-19(10-8-18)22(27)25-14-4-12-23-13-15-25/h1-3,5-10,23H,4,11-17H2,(H,24,26). The maximum absolute atomic E-state index is 12.6. The van der Waals surface area contributed by atoms with Gasteiger partial charge in [0.2, 0.25) is 5.91 Å². The van der Waals surface area contributed by atoms with Crippen molar-refractivity contribution in [2.75, 3.05) is 32.8 Å². The van der Waals surface area contributed by atoms with Crippen LogP contribution in [-0.4, -0.2) is 49.5 Å². The Kier molecular flexibility index (Phi) is 7.44. The summed E-state index contributed by atoms with van der Waals surface area (Å²) in [5.74, 6) is 0.765. The van der Waals surface area contributed by atoms with Gasteiger partial charge in [0, 0.05) is 31.7 Å². The van der Waals surface area contributed by atoms with E-state index in [9.17, 15) is 9.59 Å². The molecule has 0 spiro atoms. The first kappa shape index (κ1) is 19.9. The highest BCUT2D eigenvalue weighted by atomic mass is 16.5. The highest BCUT2D eigenvalue weighted by Gasteiger charge is 2.16. The molecule has 3 rings (SSSR count).